The van der Waals surface area contributed by atoms with Gasteiger partial charge in [-0.25, -0.2) is 4.79 Å². The predicted octanol–water partition coefficient (Wildman–Crippen LogP) is 5.69. The average molecular weight is 422 g/mol. The van der Waals surface area contributed by atoms with Crippen LogP contribution < -0.4 is 10.6 Å². The van der Waals surface area contributed by atoms with E-state index >= 15 is 0 Å². The molecular formula is C19H22F6N3O+. The second-order valence-electron chi connectivity index (χ2n) is 7.42. The number of anilines is 2. The van der Waals surface area contributed by atoms with Crippen molar-refractivity contribution in [2.45, 2.75) is 12.4 Å². The van der Waals surface area contributed by atoms with Crippen molar-refractivity contribution < 1.29 is 35.6 Å². The minimum Gasteiger partial charge on any atom is -0.333 e. The van der Waals surface area contributed by atoms with E-state index in [-0.39, 0.29) is 6.07 Å². The van der Waals surface area contributed by atoms with Gasteiger partial charge in [0.15, 0.2) is 0 Å². The van der Waals surface area contributed by atoms with Gasteiger partial charge >= 0.3 is 18.4 Å². The normalized spacial score (nSPS) is 11.9. The third-order valence-corrected chi connectivity index (χ3v) is 2.88. The SMILES string of the molecule is C[N+](C)(C)C.O=C(Nc1ccccc1)Nc1cc(C(F)(F)F)cc(C(F)(F)F)c1. The van der Waals surface area contributed by atoms with Crippen molar-refractivity contribution >= 4 is 17.4 Å². The molecule has 0 aliphatic heterocycles. The number of para-hydroxylation sites is 1. The second-order valence-corrected chi connectivity index (χ2v) is 7.42. The second kappa shape index (κ2) is 9.17. The van der Waals surface area contributed by atoms with Crippen LogP contribution in [0.5, 0.6) is 0 Å². The third-order valence-electron chi connectivity index (χ3n) is 2.88. The maximum absolute atomic E-state index is 12.7. The van der Waals surface area contributed by atoms with E-state index in [9.17, 15) is 31.1 Å². The van der Waals surface area contributed by atoms with Crippen LogP contribution in [-0.2, 0) is 12.4 Å². The molecule has 0 heterocycles. The van der Waals surface area contributed by atoms with Crippen LogP contribution in [0.2, 0.25) is 0 Å². The first-order valence-corrected chi connectivity index (χ1v) is 8.27. The molecule has 0 atom stereocenters. The van der Waals surface area contributed by atoms with Crippen molar-refractivity contribution in [1.29, 1.82) is 0 Å². The smallest absolute Gasteiger partial charge is 0.333 e. The van der Waals surface area contributed by atoms with Crippen LogP contribution in [0.3, 0.4) is 0 Å². The molecule has 0 radical (unpaired) electrons. The summed E-state index contributed by atoms with van der Waals surface area (Å²) in [6.45, 7) is 0. The summed E-state index contributed by atoms with van der Waals surface area (Å²) >= 11 is 0. The predicted molar refractivity (Wildman–Crippen MR) is 99.5 cm³/mol. The highest BCUT2D eigenvalue weighted by atomic mass is 19.4. The molecule has 2 aromatic carbocycles. The van der Waals surface area contributed by atoms with Crippen molar-refractivity contribution in [3.05, 3.63) is 59.7 Å². The van der Waals surface area contributed by atoms with Gasteiger partial charge in [0.05, 0.1) is 39.3 Å². The molecule has 2 amide bonds. The zero-order valence-corrected chi connectivity index (χ0v) is 16.2. The Morgan fingerprint density at radius 2 is 1.10 bits per heavy atom. The van der Waals surface area contributed by atoms with Crippen LogP contribution in [-0.4, -0.2) is 38.7 Å². The van der Waals surface area contributed by atoms with E-state index in [1.54, 1.807) is 18.2 Å². The molecule has 2 N–H and O–H groups in total. The Bertz CT molecular complexity index is 773. The van der Waals surface area contributed by atoms with Gasteiger partial charge in [0.2, 0.25) is 0 Å². The third kappa shape index (κ3) is 9.84. The van der Waals surface area contributed by atoms with E-state index < -0.39 is 35.2 Å². The first-order chi connectivity index (χ1) is 13.1. The Balaban J connectivity index is 0.000000749. The molecule has 4 nitrogen and oxygen atoms in total. The molecule has 0 bridgehead atoms. The summed E-state index contributed by atoms with van der Waals surface area (Å²) < 4.78 is 77.3. The highest BCUT2D eigenvalue weighted by Gasteiger charge is 2.37. The molecule has 0 unspecified atom stereocenters. The summed E-state index contributed by atoms with van der Waals surface area (Å²) in [5.41, 5.74) is -3.30. The van der Waals surface area contributed by atoms with Gasteiger partial charge in [-0.2, -0.15) is 26.3 Å². The summed E-state index contributed by atoms with van der Waals surface area (Å²) in [5.74, 6) is 0. The first kappa shape index (κ1) is 24.3. The number of alkyl halides is 6. The Kier molecular flexibility index (Phi) is 7.68. The fraction of sp³-hybridized carbons (Fsp3) is 0.316. The molecule has 2 aromatic rings. The number of benzene rings is 2. The number of nitrogens with one attached hydrogen (secondary N) is 2. The largest absolute Gasteiger partial charge is 0.416 e. The molecule has 0 saturated heterocycles. The molecule has 160 valence electrons. The Hall–Kier alpha value is -2.75. The van der Waals surface area contributed by atoms with Gasteiger partial charge in [0, 0.05) is 11.4 Å². The lowest BCUT2D eigenvalue weighted by molar-refractivity contribution is -0.849. The van der Waals surface area contributed by atoms with Crippen molar-refractivity contribution in [2.75, 3.05) is 38.8 Å². The monoisotopic (exact) mass is 422 g/mol. The minimum absolute atomic E-state index is 0.0136. The number of carbonyl (C=O) groups excluding carboxylic acids is 1. The maximum Gasteiger partial charge on any atom is 0.416 e. The first-order valence-electron chi connectivity index (χ1n) is 8.27. The van der Waals surface area contributed by atoms with Gasteiger partial charge in [0.25, 0.3) is 0 Å². The van der Waals surface area contributed by atoms with Crippen LogP contribution in [0.25, 0.3) is 0 Å². The topological polar surface area (TPSA) is 41.1 Å². The number of halogens is 6. The highest BCUT2D eigenvalue weighted by molar-refractivity contribution is 5.99. The zero-order valence-electron chi connectivity index (χ0n) is 16.2. The van der Waals surface area contributed by atoms with E-state index in [4.69, 9.17) is 0 Å². The molecule has 0 aliphatic rings. The lowest BCUT2D eigenvalue weighted by Gasteiger charge is -2.15. The lowest BCUT2D eigenvalue weighted by atomic mass is 10.1. The molecule has 0 aliphatic carbocycles. The quantitative estimate of drug-likeness (QED) is 0.474. The Morgan fingerprint density at radius 3 is 1.48 bits per heavy atom. The van der Waals surface area contributed by atoms with E-state index in [0.29, 0.717) is 17.8 Å². The van der Waals surface area contributed by atoms with Crippen molar-refractivity contribution in [3.8, 4) is 0 Å². The summed E-state index contributed by atoms with van der Waals surface area (Å²) in [6.07, 6.45) is -9.96. The van der Waals surface area contributed by atoms with Gasteiger partial charge in [-0.1, -0.05) is 18.2 Å². The maximum atomic E-state index is 12.7. The summed E-state index contributed by atoms with van der Waals surface area (Å²) in [7, 11) is 8.50. The summed E-state index contributed by atoms with van der Waals surface area (Å²) in [4.78, 5) is 11.7. The molecule has 0 aromatic heterocycles. The number of quaternary nitrogens is 1. The number of hydrogen-bond donors (Lipinski definition) is 2. The standard InChI is InChI=1S/C15H10F6N2O.C4H12N/c16-14(17,18)9-6-10(15(19,20)21)8-12(7-9)23-13(24)22-11-4-2-1-3-5-11;1-5(2,3)4/h1-8H,(H2,22,23,24);1-4H3/q;+1. The number of hydrogen-bond acceptors (Lipinski definition) is 1. The van der Waals surface area contributed by atoms with Gasteiger partial charge in [-0.3, -0.25) is 0 Å². The average Bonchev–Trinajstić information content (AvgIpc) is 2.52. The van der Waals surface area contributed by atoms with Crippen molar-refractivity contribution in [2.24, 2.45) is 0 Å². The van der Waals surface area contributed by atoms with E-state index in [0.717, 1.165) is 4.48 Å². The van der Waals surface area contributed by atoms with Crippen molar-refractivity contribution in [3.63, 3.8) is 0 Å². The van der Waals surface area contributed by atoms with E-state index in [1.807, 2.05) is 5.32 Å². The Labute approximate surface area is 164 Å². The molecule has 10 heteroatoms. The van der Waals surface area contributed by atoms with E-state index in [1.165, 1.54) is 12.1 Å². The molecule has 2 rings (SSSR count). The number of carbonyl (C=O) groups is 1. The van der Waals surface area contributed by atoms with Crippen LogP contribution in [0, 0.1) is 0 Å². The highest BCUT2D eigenvalue weighted by Crippen LogP contribution is 2.37. The van der Waals surface area contributed by atoms with Gasteiger partial charge in [-0.05, 0) is 30.3 Å². The molecule has 29 heavy (non-hydrogen) atoms. The fourth-order valence-corrected chi connectivity index (χ4v) is 1.84. The molecule has 0 fully saturated rings. The molecule has 0 spiro atoms. The fourth-order valence-electron chi connectivity index (χ4n) is 1.84. The summed E-state index contributed by atoms with van der Waals surface area (Å²) in [5, 5.41) is 4.26. The van der Waals surface area contributed by atoms with Gasteiger partial charge in [-0.15, -0.1) is 0 Å². The number of urea groups is 1. The van der Waals surface area contributed by atoms with Crippen LogP contribution >= 0.6 is 0 Å². The molecular weight excluding hydrogens is 400 g/mol. The van der Waals surface area contributed by atoms with Crippen LogP contribution in [0.1, 0.15) is 11.1 Å². The summed E-state index contributed by atoms with van der Waals surface area (Å²) in [6, 6.07) is 7.77. The van der Waals surface area contributed by atoms with Crippen LogP contribution in [0.15, 0.2) is 48.5 Å². The van der Waals surface area contributed by atoms with Crippen molar-refractivity contribution in [1.82, 2.24) is 0 Å². The number of amides is 2. The lowest BCUT2D eigenvalue weighted by Crippen LogP contribution is -2.27. The molecule has 0 saturated carbocycles. The zero-order chi connectivity index (χ0) is 22.5. The van der Waals surface area contributed by atoms with Crippen LogP contribution in [0.4, 0.5) is 42.5 Å². The van der Waals surface area contributed by atoms with Gasteiger partial charge in [0.1, 0.15) is 0 Å². The Morgan fingerprint density at radius 1 is 0.724 bits per heavy atom. The minimum atomic E-state index is -4.98. The number of rotatable bonds is 2. The van der Waals surface area contributed by atoms with E-state index in [2.05, 4.69) is 33.5 Å². The number of nitrogens with zero attached hydrogens (tertiary/aromatic N) is 1. The van der Waals surface area contributed by atoms with Gasteiger partial charge < -0.3 is 15.1 Å².